The summed E-state index contributed by atoms with van der Waals surface area (Å²) in [7, 11) is 0. The van der Waals surface area contributed by atoms with E-state index >= 15 is 0 Å². The standard InChI is InChI=1S/C19H18N4O.H2O/c20-18-4-2-14-11-15(1-3-16(14)18)17-12-23(9-10-24)22-19(17)13-5-7-21-8-6-13;/h1,3,5-8,11-12,20,24H,2,4,9-10H2;1H2. The SMILES string of the molecule is N=C1CCc2cc(-c3cn(CCO)nc3-c3ccncc3)ccc21.O. The third-order valence-corrected chi connectivity index (χ3v) is 4.43. The van der Waals surface area contributed by atoms with Crippen LogP contribution >= 0.6 is 0 Å². The highest BCUT2D eigenvalue weighted by Crippen LogP contribution is 2.33. The molecule has 0 atom stereocenters. The Kier molecular flexibility index (Phi) is 4.74. The van der Waals surface area contributed by atoms with Crippen LogP contribution in [-0.2, 0) is 13.0 Å². The Labute approximate surface area is 145 Å². The minimum absolute atomic E-state index is 0. The predicted molar refractivity (Wildman–Crippen MR) is 96.7 cm³/mol. The van der Waals surface area contributed by atoms with Gasteiger partial charge in [0.05, 0.1) is 13.2 Å². The molecule has 0 spiro atoms. The monoisotopic (exact) mass is 336 g/mol. The van der Waals surface area contributed by atoms with Gasteiger partial charge in [0.15, 0.2) is 0 Å². The number of aryl methyl sites for hydroxylation is 1. The number of aliphatic hydroxyl groups excluding tert-OH is 1. The molecular weight excluding hydrogens is 316 g/mol. The Morgan fingerprint density at radius 2 is 1.84 bits per heavy atom. The van der Waals surface area contributed by atoms with Crippen LogP contribution in [0.4, 0.5) is 0 Å². The van der Waals surface area contributed by atoms with Crippen molar-refractivity contribution in [3.8, 4) is 22.4 Å². The molecule has 0 bridgehead atoms. The molecule has 4 rings (SSSR count). The Balaban J connectivity index is 0.00000182. The van der Waals surface area contributed by atoms with Crippen molar-refractivity contribution in [2.75, 3.05) is 6.61 Å². The number of aliphatic hydroxyl groups is 1. The van der Waals surface area contributed by atoms with E-state index in [2.05, 4.69) is 22.2 Å². The van der Waals surface area contributed by atoms with Crippen molar-refractivity contribution in [1.82, 2.24) is 14.8 Å². The molecule has 6 nitrogen and oxygen atoms in total. The largest absolute Gasteiger partial charge is 0.412 e. The van der Waals surface area contributed by atoms with E-state index in [0.29, 0.717) is 6.54 Å². The second-order valence-corrected chi connectivity index (χ2v) is 5.96. The van der Waals surface area contributed by atoms with Crippen LogP contribution in [0.15, 0.2) is 48.9 Å². The van der Waals surface area contributed by atoms with Gasteiger partial charge in [-0.25, -0.2) is 0 Å². The highest BCUT2D eigenvalue weighted by Gasteiger charge is 2.19. The van der Waals surface area contributed by atoms with Crippen molar-refractivity contribution < 1.29 is 10.6 Å². The molecule has 0 unspecified atom stereocenters. The summed E-state index contributed by atoms with van der Waals surface area (Å²) in [6.07, 6.45) is 7.24. The fourth-order valence-corrected chi connectivity index (χ4v) is 3.23. The molecular formula is C19H20N4O2. The lowest BCUT2D eigenvalue weighted by Gasteiger charge is -2.05. The van der Waals surface area contributed by atoms with Crippen molar-refractivity contribution in [2.45, 2.75) is 19.4 Å². The number of fused-ring (bicyclic) bond motifs is 1. The molecule has 0 fully saturated rings. The summed E-state index contributed by atoms with van der Waals surface area (Å²) in [6.45, 7) is 0.520. The van der Waals surface area contributed by atoms with Crippen molar-refractivity contribution >= 4 is 5.71 Å². The second-order valence-electron chi connectivity index (χ2n) is 5.96. The van der Waals surface area contributed by atoms with Crippen LogP contribution in [0, 0.1) is 5.41 Å². The van der Waals surface area contributed by atoms with Gasteiger partial charge in [-0.15, -0.1) is 0 Å². The fourth-order valence-electron chi connectivity index (χ4n) is 3.23. The Bertz CT molecular complexity index is 903. The number of nitrogens with one attached hydrogen (secondary N) is 1. The zero-order chi connectivity index (χ0) is 16.5. The van der Waals surface area contributed by atoms with E-state index < -0.39 is 0 Å². The molecule has 2 heterocycles. The molecule has 0 saturated carbocycles. The molecule has 1 aliphatic rings. The van der Waals surface area contributed by atoms with Gasteiger partial charge in [0, 0.05) is 35.4 Å². The van der Waals surface area contributed by atoms with Gasteiger partial charge in [0.25, 0.3) is 0 Å². The van der Waals surface area contributed by atoms with Crippen molar-refractivity contribution in [1.29, 1.82) is 5.41 Å². The number of rotatable bonds is 4. The van der Waals surface area contributed by atoms with Gasteiger partial charge in [-0.3, -0.25) is 9.67 Å². The van der Waals surface area contributed by atoms with E-state index in [1.807, 2.05) is 24.4 Å². The molecule has 6 heteroatoms. The first-order chi connectivity index (χ1) is 11.8. The normalized spacial score (nSPS) is 12.8. The third kappa shape index (κ3) is 3.09. The lowest BCUT2D eigenvalue weighted by molar-refractivity contribution is 0.269. The molecule has 0 saturated heterocycles. The maximum absolute atomic E-state index is 9.22. The molecule has 1 aromatic carbocycles. The molecule has 4 N–H and O–H groups in total. The number of hydrogen-bond acceptors (Lipinski definition) is 4. The maximum Gasteiger partial charge on any atom is 0.100 e. The highest BCUT2D eigenvalue weighted by atomic mass is 16.3. The summed E-state index contributed by atoms with van der Waals surface area (Å²) in [4.78, 5) is 4.07. The fraction of sp³-hybridized carbons (Fsp3) is 0.211. The average molecular weight is 336 g/mol. The smallest absolute Gasteiger partial charge is 0.100 e. The lowest BCUT2D eigenvalue weighted by atomic mass is 9.98. The summed E-state index contributed by atoms with van der Waals surface area (Å²) in [6, 6.07) is 10.2. The Hall–Kier alpha value is -2.83. The van der Waals surface area contributed by atoms with E-state index in [1.165, 1.54) is 5.56 Å². The number of hydrogen-bond donors (Lipinski definition) is 2. The first-order valence-electron chi connectivity index (χ1n) is 8.06. The molecule has 1 aliphatic carbocycles. The average Bonchev–Trinajstić information content (AvgIpc) is 3.20. The zero-order valence-corrected chi connectivity index (χ0v) is 13.7. The van der Waals surface area contributed by atoms with Crippen LogP contribution in [0.2, 0.25) is 0 Å². The molecule has 2 aromatic heterocycles. The maximum atomic E-state index is 9.22. The summed E-state index contributed by atoms with van der Waals surface area (Å²) >= 11 is 0. The van der Waals surface area contributed by atoms with E-state index in [4.69, 9.17) is 5.41 Å². The Morgan fingerprint density at radius 1 is 1.04 bits per heavy atom. The minimum Gasteiger partial charge on any atom is -0.412 e. The number of aromatic nitrogens is 3. The summed E-state index contributed by atoms with van der Waals surface area (Å²) in [5.74, 6) is 0. The van der Waals surface area contributed by atoms with Gasteiger partial charge < -0.3 is 16.0 Å². The lowest BCUT2D eigenvalue weighted by Crippen LogP contribution is -2.02. The topological polar surface area (TPSA) is 106 Å². The first kappa shape index (κ1) is 17.0. The Morgan fingerprint density at radius 3 is 2.60 bits per heavy atom. The summed E-state index contributed by atoms with van der Waals surface area (Å²) < 4.78 is 1.78. The van der Waals surface area contributed by atoms with E-state index in [1.54, 1.807) is 17.1 Å². The van der Waals surface area contributed by atoms with Gasteiger partial charge in [-0.1, -0.05) is 18.2 Å². The van der Waals surface area contributed by atoms with E-state index in [-0.39, 0.29) is 12.1 Å². The van der Waals surface area contributed by atoms with Crippen LogP contribution in [-0.4, -0.2) is 37.7 Å². The second kappa shape index (κ2) is 6.96. The van der Waals surface area contributed by atoms with Crippen LogP contribution < -0.4 is 0 Å². The van der Waals surface area contributed by atoms with Gasteiger partial charge >= 0.3 is 0 Å². The van der Waals surface area contributed by atoms with E-state index in [0.717, 1.165) is 46.5 Å². The van der Waals surface area contributed by atoms with Gasteiger partial charge in [0.2, 0.25) is 0 Å². The number of benzene rings is 1. The molecule has 0 aliphatic heterocycles. The summed E-state index contributed by atoms with van der Waals surface area (Å²) in [5.41, 5.74) is 7.04. The van der Waals surface area contributed by atoms with Crippen molar-refractivity contribution in [3.05, 3.63) is 60.0 Å². The zero-order valence-electron chi connectivity index (χ0n) is 13.7. The van der Waals surface area contributed by atoms with Crippen LogP contribution in [0.25, 0.3) is 22.4 Å². The first-order valence-corrected chi connectivity index (χ1v) is 8.06. The predicted octanol–water partition coefficient (Wildman–Crippen LogP) is 2.09. The molecule has 3 aromatic rings. The van der Waals surface area contributed by atoms with Crippen LogP contribution in [0.3, 0.4) is 0 Å². The van der Waals surface area contributed by atoms with Gasteiger partial charge in [0.1, 0.15) is 5.69 Å². The highest BCUT2D eigenvalue weighted by molar-refractivity contribution is 6.03. The van der Waals surface area contributed by atoms with Crippen LogP contribution in [0.5, 0.6) is 0 Å². The van der Waals surface area contributed by atoms with Gasteiger partial charge in [-0.2, -0.15) is 5.10 Å². The number of pyridine rings is 1. The van der Waals surface area contributed by atoms with Crippen molar-refractivity contribution in [3.63, 3.8) is 0 Å². The molecule has 0 radical (unpaired) electrons. The van der Waals surface area contributed by atoms with E-state index in [9.17, 15) is 5.11 Å². The number of nitrogens with zero attached hydrogens (tertiary/aromatic N) is 3. The summed E-state index contributed by atoms with van der Waals surface area (Å²) in [5, 5.41) is 21.9. The molecule has 128 valence electrons. The molecule has 25 heavy (non-hydrogen) atoms. The van der Waals surface area contributed by atoms with Crippen molar-refractivity contribution in [2.24, 2.45) is 0 Å². The van der Waals surface area contributed by atoms with Crippen LogP contribution in [0.1, 0.15) is 17.5 Å². The minimum atomic E-state index is 0. The van der Waals surface area contributed by atoms with Gasteiger partial charge in [-0.05, 0) is 41.7 Å². The molecule has 0 amide bonds. The quantitative estimate of drug-likeness (QED) is 0.762. The third-order valence-electron chi connectivity index (χ3n) is 4.43.